The molecule has 0 spiro atoms. The predicted octanol–water partition coefficient (Wildman–Crippen LogP) is 3.90. The van der Waals surface area contributed by atoms with Crippen molar-refractivity contribution >= 4 is 33.4 Å². The molecule has 11 heteroatoms. The van der Waals surface area contributed by atoms with Gasteiger partial charge in [0.25, 0.3) is 5.22 Å². The summed E-state index contributed by atoms with van der Waals surface area (Å²) in [5, 5.41) is 10.5. The van der Waals surface area contributed by atoms with Crippen molar-refractivity contribution in [2.45, 2.75) is 36.1 Å². The summed E-state index contributed by atoms with van der Waals surface area (Å²) in [4.78, 5) is 12.7. The normalized spacial score (nSPS) is 12.5. The number of aromatic nitrogens is 2. The minimum absolute atomic E-state index is 0.155. The van der Waals surface area contributed by atoms with Crippen LogP contribution in [0.4, 0.5) is 5.69 Å². The van der Waals surface area contributed by atoms with E-state index in [0.717, 1.165) is 11.8 Å². The first-order chi connectivity index (χ1) is 15.8. The molecule has 2 aromatic carbocycles. The third kappa shape index (κ3) is 5.92. The molecule has 0 aliphatic rings. The number of sulfonamides is 1. The van der Waals surface area contributed by atoms with Crippen LogP contribution in [0.15, 0.2) is 63.1 Å². The third-order valence-corrected chi connectivity index (χ3v) is 7.79. The maximum atomic E-state index is 12.8. The number of hydrogen-bond acceptors (Lipinski definition) is 8. The van der Waals surface area contributed by atoms with Crippen LogP contribution in [0, 0.1) is 0 Å². The van der Waals surface area contributed by atoms with Gasteiger partial charge < -0.3 is 14.5 Å². The van der Waals surface area contributed by atoms with Crippen LogP contribution in [0.5, 0.6) is 5.75 Å². The molecule has 0 radical (unpaired) electrons. The van der Waals surface area contributed by atoms with Crippen LogP contribution < -0.4 is 10.1 Å². The second-order valence-corrected chi connectivity index (χ2v) is 10.2. The second-order valence-electron chi connectivity index (χ2n) is 6.97. The van der Waals surface area contributed by atoms with E-state index in [1.165, 1.54) is 16.4 Å². The number of nitrogens with one attached hydrogen (secondary N) is 1. The molecule has 1 N–H and O–H groups in total. The van der Waals surface area contributed by atoms with Crippen LogP contribution in [0.25, 0.3) is 11.5 Å². The smallest absolute Gasteiger partial charge is 0.277 e. The zero-order chi connectivity index (χ0) is 24.0. The fourth-order valence-corrected chi connectivity index (χ4v) is 5.21. The number of ether oxygens (including phenoxy) is 1. The standard InChI is InChI=1S/C22H26N4O5S2/c1-5-26(6-2)33(28,29)19-12-7-9-16(13-19)21-24-25-22(31-21)32-15(3)20(27)23-17-10-8-11-18(14-17)30-4/h7-15H,5-6H2,1-4H3,(H,23,27). The number of benzene rings is 2. The predicted molar refractivity (Wildman–Crippen MR) is 127 cm³/mol. The number of thioether (sulfide) groups is 1. The van der Waals surface area contributed by atoms with E-state index in [-0.39, 0.29) is 21.9 Å². The molecule has 0 saturated carbocycles. The van der Waals surface area contributed by atoms with Gasteiger partial charge in [0.1, 0.15) is 5.75 Å². The van der Waals surface area contributed by atoms with Gasteiger partial charge in [-0.25, -0.2) is 8.42 Å². The van der Waals surface area contributed by atoms with Gasteiger partial charge in [-0.2, -0.15) is 4.31 Å². The number of nitrogens with zero attached hydrogens (tertiary/aromatic N) is 3. The summed E-state index contributed by atoms with van der Waals surface area (Å²) in [5.41, 5.74) is 1.10. The molecule has 0 aliphatic carbocycles. The fraction of sp³-hybridized carbons (Fsp3) is 0.318. The highest BCUT2D eigenvalue weighted by atomic mass is 32.2. The largest absolute Gasteiger partial charge is 0.497 e. The lowest BCUT2D eigenvalue weighted by atomic mass is 10.2. The molecule has 3 aromatic rings. The summed E-state index contributed by atoms with van der Waals surface area (Å²) >= 11 is 1.11. The molecule has 3 rings (SSSR count). The summed E-state index contributed by atoms with van der Waals surface area (Å²) in [6.07, 6.45) is 0. The van der Waals surface area contributed by atoms with Gasteiger partial charge in [-0.05, 0) is 37.3 Å². The third-order valence-electron chi connectivity index (χ3n) is 4.81. The van der Waals surface area contributed by atoms with E-state index in [4.69, 9.17) is 9.15 Å². The molecule has 1 atom stereocenters. The van der Waals surface area contributed by atoms with Crippen molar-refractivity contribution in [2.24, 2.45) is 0 Å². The van der Waals surface area contributed by atoms with Crippen LogP contribution in [-0.4, -0.2) is 54.3 Å². The van der Waals surface area contributed by atoms with Crippen molar-refractivity contribution in [3.63, 3.8) is 0 Å². The molecule has 33 heavy (non-hydrogen) atoms. The van der Waals surface area contributed by atoms with E-state index < -0.39 is 15.3 Å². The van der Waals surface area contributed by atoms with Crippen LogP contribution in [-0.2, 0) is 14.8 Å². The molecule has 1 unspecified atom stereocenters. The fourth-order valence-electron chi connectivity index (χ4n) is 3.03. The topological polar surface area (TPSA) is 115 Å². The van der Waals surface area contributed by atoms with E-state index >= 15 is 0 Å². The van der Waals surface area contributed by atoms with E-state index in [9.17, 15) is 13.2 Å². The molecule has 0 aliphatic heterocycles. The highest BCUT2D eigenvalue weighted by molar-refractivity contribution is 8.00. The summed E-state index contributed by atoms with van der Waals surface area (Å²) in [6.45, 7) is 6.05. The molecule has 176 valence electrons. The van der Waals surface area contributed by atoms with E-state index in [2.05, 4.69) is 15.5 Å². The molecular formula is C22H26N4O5S2. The highest BCUT2D eigenvalue weighted by Crippen LogP contribution is 2.28. The van der Waals surface area contributed by atoms with Gasteiger partial charge >= 0.3 is 0 Å². The molecule has 0 bridgehead atoms. The molecule has 1 heterocycles. The number of methoxy groups -OCH3 is 1. The Kier molecular flexibility index (Phi) is 8.11. The van der Waals surface area contributed by atoms with E-state index in [0.29, 0.717) is 30.1 Å². The molecule has 0 saturated heterocycles. The Hall–Kier alpha value is -2.89. The summed E-state index contributed by atoms with van der Waals surface area (Å²) in [7, 11) is -2.06. The Balaban J connectivity index is 1.71. The minimum Gasteiger partial charge on any atom is -0.497 e. The van der Waals surface area contributed by atoms with Crippen LogP contribution >= 0.6 is 11.8 Å². The Labute approximate surface area is 197 Å². The Morgan fingerprint density at radius 3 is 2.58 bits per heavy atom. The van der Waals surface area contributed by atoms with Crippen LogP contribution in [0.1, 0.15) is 20.8 Å². The molecule has 9 nitrogen and oxygen atoms in total. The lowest BCUT2D eigenvalue weighted by molar-refractivity contribution is -0.115. The Bertz CT molecular complexity index is 1210. The maximum absolute atomic E-state index is 12.8. The first-order valence-electron chi connectivity index (χ1n) is 10.3. The molecule has 0 fully saturated rings. The average molecular weight is 491 g/mol. The van der Waals surface area contributed by atoms with Crippen molar-refractivity contribution in [3.05, 3.63) is 48.5 Å². The van der Waals surface area contributed by atoms with Crippen molar-refractivity contribution in [2.75, 3.05) is 25.5 Å². The molecular weight excluding hydrogens is 464 g/mol. The number of carbonyl (C=O) groups excluding carboxylic acids is 1. The Morgan fingerprint density at radius 1 is 1.15 bits per heavy atom. The van der Waals surface area contributed by atoms with Crippen molar-refractivity contribution in [3.8, 4) is 17.2 Å². The first-order valence-corrected chi connectivity index (χ1v) is 12.7. The minimum atomic E-state index is -3.61. The number of carbonyl (C=O) groups is 1. The lowest BCUT2D eigenvalue weighted by Crippen LogP contribution is -2.30. The van der Waals surface area contributed by atoms with Gasteiger partial charge in [0.05, 0.1) is 17.3 Å². The van der Waals surface area contributed by atoms with Crippen molar-refractivity contribution in [1.82, 2.24) is 14.5 Å². The maximum Gasteiger partial charge on any atom is 0.277 e. The van der Waals surface area contributed by atoms with Gasteiger partial charge in [-0.1, -0.05) is 37.7 Å². The van der Waals surface area contributed by atoms with Gasteiger partial charge in [0, 0.05) is 30.4 Å². The second kappa shape index (κ2) is 10.8. The first kappa shape index (κ1) is 24.7. The monoisotopic (exact) mass is 490 g/mol. The molecule has 1 amide bonds. The van der Waals surface area contributed by atoms with E-state index in [1.807, 2.05) is 0 Å². The summed E-state index contributed by atoms with van der Waals surface area (Å²) in [6, 6.07) is 13.4. The number of hydrogen-bond donors (Lipinski definition) is 1. The molecule has 1 aromatic heterocycles. The number of rotatable bonds is 10. The van der Waals surface area contributed by atoms with Gasteiger partial charge in [0.2, 0.25) is 21.8 Å². The summed E-state index contributed by atoms with van der Waals surface area (Å²) in [5.74, 6) is 0.578. The average Bonchev–Trinajstić information content (AvgIpc) is 3.28. The summed E-state index contributed by atoms with van der Waals surface area (Å²) < 4.78 is 37.8. The van der Waals surface area contributed by atoms with Gasteiger partial charge in [-0.15, -0.1) is 10.2 Å². The lowest BCUT2D eigenvalue weighted by Gasteiger charge is -2.18. The number of anilines is 1. The van der Waals surface area contributed by atoms with Crippen molar-refractivity contribution in [1.29, 1.82) is 0 Å². The van der Waals surface area contributed by atoms with Crippen LogP contribution in [0.3, 0.4) is 0 Å². The van der Waals surface area contributed by atoms with Crippen molar-refractivity contribution < 1.29 is 22.4 Å². The Morgan fingerprint density at radius 2 is 1.88 bits per heavy atom. The zero-order valence-corrected chi connectivity index (χ0v) is 20.4. The zero-order valence-electron chi connectivity index (χ0n) is 18.8. The van der Waals surface area contributed by atoms with Gasteiger partial charge in [0.15, 0.2) is 0 Å². The number of amides is 1. The van der Waals surface area contributed by atoms with Gasteiger partial charge in [-0.3, -0.25) is 4.79 Å². The SMILES string of the molecule is CCN(CC)S(=O)(=O)c1cccc(-c2nnc(SC(C)C(=O)Nc3cccc(OC)c3)o2)c1. The van der Waals surface area contributed by atoms with Crippen LogP contribution in [0.2, 0.25) is 0 Å². The quantitative estimate of drug-likeness (QED) is 0.426. The highest BCUT2D eigenvalue weighted by Gasteiger charge is 2.23. The van der Waals surface area contributed by atoms with E-state index in [1.54, 1.807) is 64.3 Å².